The number of hydrogen-bond donors (Lipinski definition) is 1. The molecule has 0 unspecified atom stereocenters. The Balaban J connectivity index is 1.51. The summed E-state index contributed by atoms with van der Waals surface area (Å²) in [5, 5.41) is 5.18. The largest absolute Gasteiger partial charge is 0.298 e. The summed E-state index contributed by atoms with van der Waals surface area (Å²) in [4.78, 5) is 29.5. The van der Waals surface area contributed by atoms with Crippen LogP contribution in [0.1, 0.15) is 29.6 Å². The summed E-state index contributed by atoms with van der Waals surface area (Å²) in [7, 11) is 0. The van der Waals surface area contributed by atoms with Crippen molar-refractivity contribution >= 4 is 39.3 Å². The van der Waals surface area contributed by atoms with Gasteiger partial charge in [-0.2, -0.15) is 0 Å². The van der Waals surface area contributed by atoms with Gasteiger partial charge in [0.25, 0.3) is 5.91 Å². The Morgan fingerprint density at radius 2 is 1.89 bits per heavy atom. The number of carbonyl (C=O) groups is 2. The number of nitrogens with one attached hydrogen (secondary N) is 1. The highest BCUT2D eigenvalue weighted by Crippen LogP contribution is 2.26. The van der Waals surface area contributed by atoms with E-state index < -0.39 is 0 Å². The maximum atomic E-state index is 12.5. The molecule has 1 amide bonds. The fraction of sp³-hybridized carbons (Fsp3) is 0.200. The van der Waals surface area contributed by atoms with Gasteiger partial charge in [-0.15, -0.1) is 11.3 Å². The molecule has 3 rings (SSSR count). The number of aryl methyl sites for hydroxylation is 1. The summed E-state index contributed by atoms with van der Waals surface area (Å²) in [5.74, 6) is -0.249. The third kappa shape index (κ3) is 6.01. The fourth-order valence-electron chi connectivity index (χ4n) is 2.51. The van der Waals surface area contributed by atoms with Crippen molar-refractivity contribution in [1.82, 2.24) is 4.98 Å². The molecule has 0 aliphatic rings. The quantitative estimate of drug-likeness (QED) is 0.351. The van der Waals surface area contributed by atoms with Crippen LogP contribution >= 0.6 is 23.1 Å². The number of benzene rings is 1. The molecular formula is C20H20N3O2S2+. The molecule has 0 aliphatic carbocycles. The number of hydrogen-bond acceptors (Lipinski definition) is 5. The molecule has 3 aromatic rings. The molecule has 0 radical (unpaired) electrons. The van der Waals surface area contributed by atoms with Crippen molar-refractivity contribution in [1.29, 1.82) is 0 Å². The molecule has 0 aliphatic heterocycles. The van der Waals surface area contributed by atoms with Gasteiger partial charge in [-0.05, 0) is 18.6 Å². The average Bonchev–Trinajstić information content (AvgIpc) is 3.19. The van der Waals surface area contributed by atoms with Crippen molar-refractivity contribution in [3.8, 4) is 0 Å². The Kier molecular flexibility index (Phi) is 7.12. The van der Waals surface area contributed by atoms with E-state index in [4.69, 9.17) is 0 Å². The minimum absolute atomic E-state index is 0.0718. The Hall–Kier alpha value is -2.51. The van der Waals surface area contributed by atoms with E-state index in [0.717, 1.165) is 31.1 Å². The zero-order chi connectivity index (χ0) is 18.9. The van der Waals surface area contributed by atoms with E-state index >= 15 is 0 Å². The van der Waals surface area contributed by atoms with Crippen LogP contribution in [0.25, 0.3) is 0 Å². The molecule has 27 heavy (non-hydrogen) atoms. The number of pyridine rings is 1. The molecule has 0 saturated carbocycles. The Bertz CT molecular complexity index is 883. The van der Waals surface area contributed by atoms with Gasteiger partial charge in [-0.1, -0.05) is 30.0 Å². The first kappa shape index (κ1) is 19.3. The van der Waals surface area contributed by atoms with Crippen molar-refractivity contribution < 1.29 is 14.2 Å². The molecule has 0 bridgehead atoms. The molecule has 1 aromatic carbocycles. The number of rotatable bonds is 8. The number of aromatic nitrogens is 2. The van der Waals surface area contributed by atoms with Gasteiger partial charge in [-0.25, -0.2) is 9.55 Å². The van der Waals surface area contributed by atoms with Crippen molar-refractivity contribution in [2.75, 3.05) is 5.32 Å². The van der Waals surface area contributed by atoms with Gasteiger partial charge in [0.1, 0.15) is 6.54 Å². The molecule has 0 saturated heterocycles. The zero-order valence-electron chi connectivity index (χ0n) is 14.7. The smallest absolute Gasteiger partial charge is 0.258 e. The van der Waals surface area contributed by atoms with Crippen molar-refractivity contribution in [2.45, 2.75) is 30.7 Å². The molecule has 0 spiro atoms. The lowest BCUT2D eigenvalue weighted by Crippen LogP contribution is -2.32. The predicted octanol–water partition coefficient (Wildman–Crippen LogP) is 4.17. The highest BCUT2D eigenvalue weighted by molar-refractivity contribution is 8.13. The molecule has 1 N–H and O–H groups in total. The summed E-state index contributed by atoms with van der Waals surface area (Å²) in [6.45, 7) is 0.894. The molecular weight excluding hydrogens is 378 g/mol. The number of anilines is 1. The van der Waals surface area contributed by atoms with Crippen LogP contribution in [-0.2, 0) is 11.3 Å². The standard InChI is InChI=1S/C20H19N3O2S2/c24-18(10-4-7-14-23-12-5-1-6-13-23)27-17-9-3-2-8-16(17)19(25)22-20-21-11-15-26-20/h1-3,5-6,8-9,11-13,15H,4,7,10,14H2/p+1. The summed E-state index contributed by atoms with van der Waals surface area (Å²) < 4.78 is 2.11. The van der Waals surface area contributed by atoms with Gasteiger partial charge in [-0.3, -0.25) is 14.9 Å². The fourth-order valence-corrected chi connectivity index (χ4v) is 3.95. The second-order valence-corrected chi connectivity index (χ2v) is 7.83. The van der Waals surface area contributed by atoms with Crippen LogP contribution in [0.2, 0.25) is 0 Å². The highest BCUT2D eigenvalue weighted by atomic mass is 32.2. The second-order valence-electron chi connectivity index (χ2n) is 5.83. The van der Waals surface area contributed by atoms with E-state index in [0.29, 0.717) is 22.0 Å². The molecule has 2 heterocycles. The van der Waals surface area contributed by atoms with Gasteiger partial charge < -0.3 is 0 Å². The lowest BCUT2D eigenvalue weighted by molar-refractivity contribution is -0.697. The maximum absolute atomic E-state index is 12.5. The van der Waals surface area contributed by atoms with E-state index in [9.17, 15) is 9.59 Å². The number of unbranched alkanes of at least 4 members (excludes halogenated alkanes) is 1. The minimum atomic E-state index is -0.249. The number of nitrogens with zero attached hydrogens (tertiary/aromatic N) is 2. The number of carbonyl (C=O) groups excluding carboxylic acids is 2. The summed E-state index contributed by atoms with van der Waals surface area (Å²) in [5.41, 5.74) is 0.492. The van der Waals surface area contributed by atoms with Gasteiger partial charge in [0, 0.05) is 41.4 Å². The van der Waals surface area contributed by atoms with Crippen LogP contribution in [0, 0.1) is 0 Å². The van der Waals surface area contributed by atoms with Crippen molar-refractivity contribution in [2.24, 2.45) is 0 Å². The molecule has 5 nitrogen and oxygen atoms in total. The van der Waals surface area contributed by atoms with E-state index in [1.165, 1.54) is 11.3 Å². The highest BCUT2D eigenvalue weighted by Gasteiger charge is 2.15. The van der Waals surface area contributed by atoms with E-state index in [-0.39, 0.29) is 11.0 Å². The van der Waals surface area contributed by atoms with Crippen LogP contribution < -0.4 is 9.88 Å². The monoisotopic (exact) mass is 398 g/mol. The van der Waals surface area contributed by atoms with Crippen molar-refractivity contribution in [3.05, 3.63) is 72.0 Å². The van der Waals surface area contributed by atoms with Crippen LogP contribution in [0.4, 0.5) is 5.13 Å². The van der Waals surface area contributed by atoms with Crippen LogP contribution in [0.5, 0.6) is 0 Å². The molecule has 0 atom stereocenters. The Labute approximate surface area is 166 Å². The number of thioether (sulfide) groups is 1. The summed E-state index contributed by atoms with van der Waals surface area (Å²) in [6, 6.07) is 13.1. The van der Waals surface area contributed by atoms with Crippen LogP contribution in [-0.4, -0.2) is 16.0 Å². The van der Waals surface area contributed by atoms with E-state index in [2.05, 4.69) is 14.9 Å². The first-order chi connectivity index (χ1) is 13.2. The third-order valence-corrected chi connectivity index (χ3v) is 5.53. The average molecular weight is 399 g/mol. The van der Waals surface area contributed by atoms with Crippen LogP contribution in [0.15, 0.2) is 71.3 Å². The molecule has 2 aromatic heterocycles. The topological polar surface area (TPSA) is 62.9 Å². The lowest BCUT2D eigenvalue weighted by atomic mass is 10.2. The third-order valence-electron chi connectivity index (χ3n) is 3.83. The number of amides is 1. The van der Waals surface area contributed by atoms with Crippen LogP contribution in [0.3, 0.4) is 0 Å². The van der Waals surface area contributed by atoms with Gasteiger partial charge in [0.05, 0.1) is 5.56 Å². The Morgan fingerprint density at radius 3 is 2.67 bits per heavy atom. The minimum Gasteiger partial charge on any atom is -0.298 e. The maximum Gasteiger partial charge on any atom is 0.258 e. The zero-order valence-corrected chi connectivity index (χ0v) is 16.3. The lowest BCUT2D eigenvalue weighted by Gasteiger charge is -2.08. The van der Waals surface area contributed by atoms with E-state index in [1.807, 2.05) is 36.7 Å². The van der Waals surface area contributed by atoms with Gasteiger partial charge in [0.15, 0.2) is 22.6 Å². The SMILES string of the molecule is O=C(CCCC[n+]1ccccc1)Sc1ccccc1C(=O)Nc1nccs1. The first-order valence-corrected chi connectivity index (χ1v) is 10.4. The van der Waals surface area contributed by atoms with Crippen molar-refractivity contribution in [3.63, 3.8) is 0 Å². The van der Waals surface area contributed by atoms with E-state index in [1.54, 1.807) is 29.8 Å². The van der Waals surface area contributed by atoms with Gasteiger partial charge in [0.2, 0.25) is 0 Å². The normalized spacial score (nSPS) is 10.5. The first-order valence-electron chi connectivity index (χ1n) is 8.67. The Morgan fingerprint density at radius 1 is 1.07 bits per heavy atom. The molecule has 138 valence electrons. The molecule has 7 heteroatoms. The summed E-state index contributed by atoms with van der Waals surface area (Å²) in [6.07, 6.45) is 7.93. The second kappa shape index (κ2) is 9.99. The number of thiazole rings is 1. The summed E-state index contributed by atoms with van der Waals surface area (Å²) >= 11 is 2.49. The molecule has 0 fully saturated rings. The predicted molar refractivity (Wildman–Crippen MR) is 108 cm³/mol. The van der Waals surface area contributed by atoms with Gasteiger partial charge >= 0.3 is 0 Å².